The summed E-state index contributed by atoms with van der Waals surface area (Å²) in [6.07, 6.45) is 0. The minimum absolute atomic E-state index is 0.255. The second-order valence-electron chi connectivity index (χ2n) is 4.80. The zero-order valence-electron chi connectivity index (χ0n) is 11.9. The molecule has 0 fully saturated rings. The van der Waals surface area contributed by atoms with E-state index in [1.807, 2.05) is 6.07 Å². The Labute approximate surface area is 124 Å². The fraction of sp³-hybridized carbons (Fsp3) is 0.200. The average molecular weight is 308 g/mol. The molecule has 0 aromatic heterocycles. The van der Waals surface area contributed by atoms with E-state index >= 15 is 0 Å². The third kappa shape index (κ3) is 3.80. The van der Waals surface area contributed by atoms with Crippen LogP contribution in [0.1, 0.15) is 5.56 Å². The van der Waals surface area contributed by atoms with Crippen LogP contribution >= 0.6 is 0 Å². The first-order valence-corrected chi connectivity index (χ1v) is 7.84. The van der Waals surface area contributed by atoms with Crippen LogP contribution in [0.15, 0.2) is 53.4 Å². The topological polar surface area (TPSA) is 49.4 Å². The molecule has 21 heavy (non-hydrogen) atoms. The lowest BCUT2D eigenvalue weighted by molar-refractivity contribution is 0.520. The zero-order chi connectivity index (χ0) is 15.5. The summed E-state index contributed by atoms with van der Waals surface area (Å²) in [5.41, 5.74) is 1.61. The number of nitrogens with one attached hydrogen (secondary N) is 1. The lowest BCUT2D eigenvalue weighted by Gasteiger charge is -2.13. The van der Waals surface area contributed by atoms with E-state index < -0.39 is 10.0 Å². The Morgan fingerprint density at radius 3 is 2.38 bits per heavy atom. The molecule has 2 aromatic rings. The van der Waals surface area contributed by atoms with E-state index in [9.17, 15) is 12.8 Å². The minimum atomic E-state index is -3.43. The molecular formula is C15H17FN2O2S. The number of hydrogen-bond donors (Lipinski definition) is 1. The van der Waals surface area contributed by atoms with Gasteiger partial charge in [-0.2, -0.15) is 0 Å². The maximum Gasteiger partial charge on any atom is 0.242 e. The maximum atomic E-state index is 12.8. The van der Waals surface area contributed by atoms with Crippen LogP contribution in [0.3, 0.4) is 0 Å². The summed E-state index contributed by atoms with van der Waals surface area (Å²) in [5, 5.41) is 3.12. The number of halogens is 1. The first-order valence-electron chi connectivity index (χ1n) is 6.40. The van der Waals surface area contributed by atoms with Crippen LogP contribution in [-0.4, -0.2) is 26.8 Å². The van der Waals surface area contributed by atoms with Crippen LogP contribution < -0.4 is 5.32 Å². The largest absolute Gasteiger partial charge is 0.381 e. The van der Waals surface area contributed by atoms with Gasteiger partial charge in [0.15, 0.2) is 0 Å². The first kappa shape index (κ1) is 15.5. The van der Waals surface area contributed by atoms with Crippen LogP contribution in [0.2, 0.25) is 0 Å². The fourth-order valence-corrected chi connectivity index (χ4v) is 2.77. The molecule has 0 heterocycles. The summed E-state index contributed by atoms with van der Waals surface area (Å²) in [7, 11) is -0.434. The molecule has 0 radical (unpaired) electrons. The van der Waals surface area contributed by atoms with E-state index in [-0.39, 0.29) is 10.7 Å². The van der Waals surface area contributed by atoms with E-state index in [0.29, 0.717) is 6.54 Å². The molecule has 0 saturated carbocycles. The molecule has 0 unspecified atom stereocenters. The Kier molecular flexibility index (Phi) is 4.59. The van der Waals surface area contributed by atoms with Gasteiger partial charge in [0, 0.05) is 26.3 Å². The molecule has 1 N–H and O–H groups in total. The normalized spacial score (nSPS) is 11.6. The van der Waals surface area contributed by atoms with Crippen molar-refractivity contribution in [3.8, 4) is 0 Å². The van der Waals surface area contributed by atoms with Gasteiger partial charge in [0.1, 0.15) is 5.82 Å². The number of rotatable bonds is 5. The van der Waals surface area contributed by atoms with E-state index in [2.05, 4.69) is 5.32 Å². The predicted molar refractivity (Wildman–Crippen MR) is 81.0 cm³/mol. The second kappa shape index (κ2) is 6.24. The highest BCUT2D eigenvalue weighted by atomic mass is 32.2. The van der Waals surface area contributed by atoms with Gasteiger partial charge in [-0.3, -0.25) is 0 Å². The van der Waals surface area contributed by atoms with Crippen LogP contribution in [0.5, 0.6) is 0 Å². The number of hydrogen-bond acceptors (Lipinski definition) is 3. The number of sulfonamides is 1. The monoisotopic (exact) mass is 308 g/mol. The summed E-state index contributed by atoms with van der Waals surface area (Å²) >= 11 is 0. The first-order chi connectivity index (χ1) is 9.89. The predicted octanol–water partition coefficient (Wildman–Crippen LogP) is 2.69. The van der Waals surface area contributed by atoms with Crippen molar-refractivity contribution in [1.82, 2.24) is 4.31 Å². The van der Waals surface area contributed by atoms with E-state index in [1.165, 1.54) is 30.5 Å². The molecule has 112 valence electrons. The van der Waals surface area contributed by atoms with Crippen molar-refractivity contribution >= 4 is 15.7 Å². The molecule has 6 heteroatoms. The standard InChI is InChI=1S/C15H17FN2O2S/c1-18(2)21(19,20)15-5-3-4-12(10-15)11-17-14-8-6-13(16)7-9-14/h3-10,17H,11H2,1-2H3. The van der Waals surface area contributed by atoms with E-state index in [0.717, 1.165) is 11.3 Å². The Balaban J connectivity index is 2.13. The molecular weight excluding hydrogens is 291 g/mol. The molecule has 0 atom stereocenters. The highest BCUT2D eigenvalue weighted by molar-refractivity contribution is 7.89. The van der Waals surface area contributed by atoms with Crippen molar-refractivity contribution < 1.29 is 12.8 Å². The van der Waals surface area contributed by atoms with E-state index in [4.69, 9.17) is 0 Å². The smallest absolute Gasteiger partial charge is 0.242 e. The van der Waals surface area contributed by atoms with Crippen molar-refractivity contribution in [3.05, 3.63) is 59.9 Å². The lowest BCUT2D eigenvalue weighted by atomic mass is 10.2. The molecule has 0 aliphatic carbocycles. The zero-order valence-corrected chi connectivity index (χ0v) is 12.7. The van der Waals surface area contributed by atoms with Gasteiger partial charge in [0.2, 0.25) is 10.0 Å². The highest BCUT2D eigenvalue weighted by Gasteiger charge is 2.16. The average Bonchev–Trinajstić information content (AvgIpc) is 2.47. The summed E-state index contributed by atoms with van der Waals surface area (Å²) < 4.78 is 38.1. The van der Waals surface area contributed by atoms with Crippen LogP contribution in [-0.2, 0) is 16.6 Å². The molecule has 0 spiro atoms. The summed E-state index contributed by atoms with van der Waals surface area (Å²) in [5.74, 6) is -0.292. The van der Waals surface area contributed by atoms with Gasteiger partial charge in [-0.05, 0) is 42.0 Å². The maximum absolute atomic E-state index is 12.8. The molecule has 2 aromatic carbocycles. The number of anilines is 1. The number of nitrogens with zero attached hydrogens (tertiary/aromatic N) is 1. The molecule has 0 aliphatic rings. The Bertz CT molecular complexity index is 713. The van der Waals surface area contributed by atoms with Gasteiger partial charge in [0.05, 0.1) is 4.90 Å². The molecule has 0 saturated heterocycles. The molecule has 4 nitrogen and oxygen atoms in total. The Hall–Kier alpha value is -1.92. The molecule has 2 rings (SSSR count). The van der Waals surface area contributed by atoms with Crippen molar-refractivity contribution in [2.75, 3.05) is 19.4 Å². The third-order valence-electron chi connectivity index (χ3n) is 3.02. The molecule has 0 aliphatic heterocycles. The second-order valence-corrected chi connectivity index (χ2v) is 6.95. The SMILES string of the molecule is CN(C)S(=O)(=O)c1cccc(CNc2ccc(F)cc2)c1. The fourth-order valence-electron chi connectivity index (χ4n) is 1.80. The quantitative estimate of drug-likeness (QED) is 0.924. The van der Waals surface area contributed by atoms with Gasteiger partial charge in [-0.1, -0.05) is 12.1 Å². The van der Waals surface area contributed by atoms with Gasteiger partial charge in [-0.25, -0.2) is 17.1 Å². The Morgan fingerprint density at radius 2 is 1.76 bits per heavy atom. The van der Waals surface area contributed by atoms with Crippen molar-refractivity contribution in [2.24, 2.45) is 0 Å². The summed E-state index contributed by atoms with van der Waals surface area (Å²) in [4.78, 5) is 0.255. The van der Waals surface area contributed by atoms with Crippen molar-refractivity contribution in [1.29, 1.82) is 0 Å². The van der Waals surface area contributed by atoms with Gasteiger partial charge in [0.25, 0.3) is 0 Å². The van der Waals surface area contributed by atoms with Crippen molar-refractivity contribution in [2.45, 2.75) is 11.4 Å². The molecule has 0 bridgehead atoms. The summed E-state index contributed by atoms with van der Waals surface area (Å²) in [6, 6.07) is 12.8. The van der Waals surface area contributed by atoms with Gasteiger partial charge in [-0.15, -0.1) is 0 Å². The van der Waals surface area contributed by atoms with Crippen molar-refractivity contribution in [3.63, 3.8) is 0 Å². The Morgan fingerprint density at radius 1 is 1.10 bits per heavy atom. The lowest BCUT2D eigenvalue weighted by Crippen LogP contribution is -2.22. The third-order valence-corrected chi connectivity index (χ3v) is 4.83. The van der Waals surface area contributed by atoms with Gasteiger partial charge >= 0.3 is 0 Å². The summed E-state index contributed by atoms with van der Waals surface area (Å²) in [6.45, 7) is 0.461. The van der Waals surface area contributed by atoms with Crippen LogP contribution in [0.4, 0.5) is 10.1 Å². The van der Waals surface area contributed by atoms with Crippen LogP contribution in [0, 0.1) is 5.82 Å². The highest BCUT2D eigenvalue weighted by Crippen LogP contribution is 2.16. The minimum Gasteiger partial charge on any atom is -0.381 e. The number of benzene rings is 2. The van der Waals surface area contributed by atoms with Crippen LogP contribution in [0.25, 0.3) is 0 Å². The molecule has 0 amide bonds. The van der Waals surface area contributed by atoms with Gasteiger partial charge < -0.3 is 5.32 Å². The van der Waals surface area contributed by atoms with E-state index in [1.54, 1.807) is 30.3 Å².